The van der Waals surface area contributed by atoms with Crippen LogP contribution in [0.5, 0.6) is 0 Å². The number of hydrogen-bond donors (Lipinski definition) is 0. The molecule has 1 aliphatic rings. The van der Waals surface area contributed by atoms with E-state index in [1.807, 2.05) is 11.3 Å². The lowest BCUT2D eigenvalue weighted by Gasteiger charge is -2.34. The summed E-state index contributed by atoms with van der Waals surface area (Å²) in [6.45, 7) is 0. The third-order valence-electron chi connectivity index (χ3n) is 11.3. The van der Waals surface area contributed by atoms with Crippen LogP contribution in [0.2, 0.25) is 0 Å². The highest BCUT2D eigenvalue weighted by molar-refractivity contribution is 7.25. The lowest BCUT2D eigenvalue weighted by Crippen LogP contribution is -2.28. The van der Waals surface area contributed by atoms with Gasteiger partial charge in [0.1, 0.15) is 0 Å². The van der Waals surface area contributed by atoms with Gasteiger partial charge in [0, 0.05) is 20.2 Å². The summed E-state index contributed by atoms with van der Waals surface area (Å²) in [4.78, 5) is 0. The van der Waals surface area contributed by atoms with Crippen LogP contribution in [0.1, 0.15) is 22.3 Å². The first-order valence-corrected chi connectivity index (χ1v) is 18.8. The Balaban J connectivity index is 1.03. The zero-order valence-electron chi connectivity index (χ0n) is 28.4. The standard InChI is InChI=1S/C51H32S/c1-3-11-40(12-4-1)51(41-13-5-2-6-14-41)47-17-9-7-15-43(47)45-27-24-39-31-37(23-26-42(39)50(45)51)35-20-19-34-30-36(22-21-33(34)29-35)38-25-28-49-46(32-38)44-16-8-10-18-48(44)52-49/h1-32H. The minimum absolute atomic E-state index is 0.419. The van der Waals surface area contributed by atoms with Crippen molar-refractivity contribution < 1.29 is 0 Å². The van der Waals surface area contributed by atoms with Gasteiger partial charge in [0.2, 0.25) is 0 Å². The Morgan fingerprint density at radius 1 is 0.327 bits per heavy atom. The zero-order chi connectivity index (χ0) is 34.2. The van der Waals surface area contributed by atoms with Crippen LogP contribution in [0.25, 0.3) is 75.1 Å². The molecule has 0 saturated heterocycles. The first-order valence-electron chi connectivity index (χ1n) is 18.0. The van der Waals surface area contributed by atoms with Crippen LogP contribution in [-0.2, 0) is 5.41 Å². The molecule has 1 heteroatoms. The molecule has 0 fully saturated rings. The summed E-state index contributed by atoms with van der Waals surface area (Å²) in [5.74, 6) is 0. The summed E-state index contributed by atoms with van der Waals surface area (Å²) in [5.41, 5.74) is 12.5. The molecule has 0 spiro atoms. The monoisotopic (exact) mass is 676 g/mol. The lowest BCUT2D eigenvalue weighted by molar-refractivity contribution is 0.775. The molecule has 9 aromatic carbocycles. The second-order valence-electron chi connectivity index (χ2n) is 14.0. The van der Waals surface area contributed by atoms with E-state index in [0.29, 0.717) is 0 Å². The molecule has 1 aromatic heterocycles. The van der Waals surface area contributed by atoms with E-state index in [4.69, 9.17) is 0 Å². The third-order valence-corrected chi connectivity index (χ3v) is 12.5. The van der Waals surface area contributed by atoms with Crippen molar-refractivity contribution in [2.45, 2.75) is 5.41 Å². The van der Waals surface area contributed by atoms with Gasteiger partial charge in [0.25, 0.3) is 0 Å². The molecule has 0 N–H and O–H groups in total. The van der Waals surface area contributed by atoms with Crippen LogP contribution in [0.15, 0.2) is 194 Å². The maximum Gasteiger partial charge on any atom is 0.0719 e. The van der Waals surface area contributed by atoms with Crippen LogP contribution in [0.3, 0.4) is 0 Å². The summed E-state index contributed by atoms with van der Waals surface area (Å²) < 4.78 is 2.68. The van der Waals surface area contributed by atoms with Crippen molar-refractivity contribution in [1.29, 1.82) is 0 Å². The number of fused-ring (bicyclic) bond motifs is 9. The Morgan fingerprint density at radius 3 is 1.60 bits per heavy atom. The fourth-order valence-electron chi connectivity index (χ4n) is 8.97. The van der Waals surface area contributed by atoms with Crippen molar-refractivity contribution in [1.82, 2.24) is 0 Å². The van der Waals surface area contributed by atoms with E-state index in [2.05, 4.69) is 194 Å². The molecule has 0 radical (unpaired) electrons. The highest BCUT2D eigenvalue weighted by Gasteiger charge is 2.46. The third kappa shape index (κ3) is 4.27. The fourth-order valence-corrected chi connectivity index (χ4v) is 10.1. The molecule has 242 valence electrons. The molecule has 0 nitrogen and oxygen atoms in total. The second-order valence-corrected chi connectivity index (χ2v) is 15.1. The first kappa shape index (κ1) is 29.5. The Hall–Kier alpha value is -6.28. The topological polar surface area (TPSA) is 0 Å². The van der Waals surface area contributed by atoms with Crippen molar-refractivity contribution in [3.8, 4) is 33.4 Å². The highest BCUT2D eigenvalue weighted by Crippen LogP contribution is 2.58. The van der Waals surface area contributed by atoms with E-state index in [1.165, 1.54) is 97.4 Å². The van der Waals surface area contributed by atoms with Gasteiger partial charge in [-0.1, -0.05) is 158 Å². The minimum Gasteiger partial charge on any atom is -0.135 e. The molecule has 0 unspecified atom stereocenters. The smallest absolute Gasteiger partial charge is 0.0719 e. The summed E-state index contributed by atoms with van der Waals surface area (Å²) in [6, 6.07) is 72.3. The predicted molar refractivity (Wildman–Crippen MR) is 223 cm³/mol. The lowest BCUT2D eigenvalue weighted by atomic mass is 9.66. The van der Waals surface area contributed by atoms with E-state index in [-0.39, 0.29) is 0 Å². The van der Waals surface area contributed by atoms with Gasteiger partial charge in [-0.25, -0.2) is 0 Å². The average molecular weight is 677 g/mol. The molecule has 0 atom stereocenters. The van der Waals surface area contributed by atoms with Gasteiger partial charge < -0.3 is 0 Å². The predicted octanol–water partition coefficient (Wildman–Crippen LogP) is 14.1. The normalized spacial score (nSPS) is 13.2. The molecule has 0 saturated carbocycles. The van der Waals surface area contributed by atoms with Gasteiger partial charge >= 0.3 is 0 Å². The summed E-state index contributed by atoms with van der Waals surface area (Å²) in [6.07, 6.45) is 0. The molecule has 1 aliphatic carbocycles. The van der Waals surface area contributed by atoms with Crippen molar-refractivity contribution in [3.63, 3.8) is 0 Å². The SMILES string of the molecule is c1ccc(C2(c3ccccc3)c3ccccc3-c3ccc4cc(-c5ccc6cc(-c7ccc8sc9ccccc9c8c7)ccc6c5)ccc4c32)cc1. The molecule has 52 heavy (non-hydrogen) atoms. The molecular weight excluding hydrogens is 645 g/mol. The van der Waals surface area contributed by atoms with Crippen LogP contribution in [-0.4, -0.2) is 0 Å². The Bertz CT molecular complexity index is 2960. The Morgan fingerprint density at radius 2 is 0.865 bits per heavy atom. The van der Waals surface area contributed by atoms with Crippen molar-refractivity contribution in [3.05, 3.63) is 216 Å². The summed E-state index contributed by atoms with van der Waals surface area (Å²) >= 11 is 1.87. The molecule has 11 rings (SSSR count). The number of hydrogen-bond acceptors (Lipinski definition) is 1. The van der Waals surface area contributed by atoms with E-state index >= 15 is 0 Å². The summed E-state index contributed by atoms with van der Waals surface area (Å²) in [5, 5.41) is 7.73. The Labute approximate surface area is 306 Å². The number of benzene rings is 9. The zero-order valence-corrected chi connectivity index (χ0v) is 29.2. The van der Waals surface area contributed by atoms with E-state index in [9.17, 15) is 0 Å². The van der Waals surface area contributed by atoms with Crippen LogP contribution in [0, 0.1) is 0 Å². The Kier molecular flexibility index (Phi) is 6.44. The van der Waals surface area contributed by atoms with Gasteiger partial charge in [-0.15, -0.1) is 11.3 Å². The molecular formula is C51H32S. The van der Waals surface area contributed by atoms with Crippen molar-refractivity contribution in [2.75, 3.05) is 0 Å². The quantitative estimate of drug-likeness (QED) is 0.174. The van der Waals surface area contributed by atoms with Gasteiger partial charge in [0.15, 0.2) is 0 Å². The average Bonchev–Trinajstić information content (AvgIpc) is 3.75. The van der Waals surface area contributed by atoms with Gasteiger partial charge in [-0.2, -0.15) is 0 Å². The van der Waals surface area contributed by atoms with Crippen molar-refractivity contribution >= 4 is 53.1 Å². The largest absolute Gasteiger partial charge is 0.135 e. The van der Waals surface area contributed by atoms with E-state index in [1.54, 1.807) is 0 Å². The maximum atomic E-state index is 2.38. The van der Waals surface area contributed by atoms with Gasteiger partial charge in [-0.3, -0.25) is 0 Å². The van der Waals surface area contributed by atoms with Crippen molar-refractivity contribution in [2.24, 2.45) is 0 Å². The fraction of sp³-hybridized carbons (Fsp3) is 0.0196. The molecule has 1 heterocycles. The highest BCUT2D eigenvalue weighted by atomic mass is 32.1. The minimum atomic E-state index is -0.419. The molecule has 10 aromatic rings. The van der Waals surface area contributed by atoms with Crippen LogP contribution < -0.4 is 0 Å². The molecule has 0 bridgehead atoms. The van der Waals surface area contributed by atoms with Gasteiger partial charge in [0.05, 0.1) is 5.41 Å². The molecule has 0 amide bonds. The maximum absolute atomic E-state index is 2.38. The number of rotatable bonds is 4. The first-order chi connectivity index (χ1) is 25.8. The second kappa shape index (κ2) is 11.4. The summed E-state index contributed by atoms with van der Waals surface area (Å²) in [7, 11) is 0. The van der Waals surface area contributed by atoms with Crippen LogP contribution in [0.4, 0.5) is 0 Å². The van der Waals surface area contributed by atoms with Gasteiger partial charge in [-0.05, 0) is 114 Å². The van der Waals surface area contributed by atoms with E-state index < -0.39 is 5.41 Å². The number of thiophene rings is 1. The molecule has 0 aliphatic heterocycles. The van der Waals surface area contributed by atoms with Crippen LogP contribution >= 0.6 is 11.3 Å². The van der Waals surface area contributed by atoms with E-state index in [0.717, 1.165) is 0 Å².